The number of aliphatic hydroxyl groups excluding tert-OH is 2. The molecule has 0 heterocycles. The summed E-state index contributed by atoms with van der Waals surface area (Å²) in [4.78, 5) is 0. The largest absolute Gasteiger partial charge is 0.417 e. The van der Waals surface area contributed by atoms with Gasteiger partial charge in [0.15, 0.2) is 0 Å². The van der Waals surface area contributed by atoms with Gasteiger partial charge in [0, 0.05) is 23.0 Å². The van der Waals surface area contributed by atoms with Crippen LogP contribution in [0.5, 0.6) is 0 Å². The Morgan fingerprint density at radius 1 is 0.917 bits per heavy atom. The Morgan fingerprint density at radius 3 is 1.46 bits per heavy atom. The first kappa shape index (κ1) is 22.7. The number of nitriles is 1. The normalized spacial score (nSPS) is 15.9. The van der Waals surface area contributed by atoms with Gasteiger partial charge in [0.05, 0.1) is 28.9 Å². The average molecular weight is 405 g/mol. The predicted octanol–water partition coefficient (Wildman–Crippen LogP) is 3.44. The van der Waals surface area contributed by atoms with Crippen LogP contribution in [0.4, 0.5) is 26.3 Å². The zero-order valence-corrected chi connectivity index (χ0v) is 13.2. The van der Waals surface area contributed by atoms with Gasteiger partial charge in [-0.2, -0.15) is 31.6 Å². The fourth-order valence-corrected chi connectivity index (χ4v) is 2.38. The molecule has 2 atom stereocenters. The number of alkyl halides is 6. The van der Waals surface area contributed by atoms with E-state index in [1.165, 1.54) is 0 Å². The van der Waals surface area contributed by atoms with Crippen molar-refractivity contribution in [2.24, 2.45) is 0 Å². The van der Waals surface area contributed by atoms with Gasteiger partial charge in [-0.3, -0.25) is 0 Å². The topological polar surface area (TPSA) is 64.2 Å². The molecule has 139 valence electrons. The first-order chi connectivity index (χ1) is 10.3. The zero-order valence-electron chi connectivity index (χ0n) is 12.3. The molecule has 1 rings (SSSR count). The third kappa shape index (κ3) is 4.86. The Kier molecular flexibility index (Phi) is 7.33. The van der Waals surface area contributed by atoms with E-state index in [-0.39, 0.29) is 17.1 Å². The van der Waals surface area contributed by atoms with Gasteiger partial charge in [0.25, 0.3) is 0 Å². The van der Waals surface area contributed by atoms with Crippen molar-refractivity contribution in [2.45, 2.75) is 44.3 Å². The van der Waals surface area contributed by atoms with E-state index in [4.69, 9.17) is 5.26 Å². The van der Waals surface area contributed by atoms with Gasteiger partial charge >= 0.3 is 12.4 Å². The smallest absolute Gasteiger partial charge is 0.393 e. The van der Waals surface area contributed by atoms with E-state index in [1.54, 1.807) is 0 Å². The van der Waals surface area contributed by atoms with Crippen molar-refractivity contribution in [3.63, 3.8) is 0 Å². The van der Waals surface area contributed by atoms with E-state index >= 15 is 0 Å². The quantitative estimate of drug-likeness (QED) is 0.599. The van der Waals surface area contributed by atoms with Gasteiger partial charge in [-0.15, -0.1) is 0 Å². The zero-order chi connectivity index (χ0) is 18.2. The summed E-state index contributed by atoms with van der Waals surface area (Å²) in [5.41, 5.74) is -5.59. The van der Waals surface area contributed by atoms with Gasteiger partial charge in [0.2, 0.25) is 0 Å². The standard InChI is InChI=1S/C14H13F6NO2.Cu/c1-6(22)12(7(2)23)8-3-10(13(15,16)17)9(5-21)11(4-8)14(18,19)20;/h3-4,6-7,12,22-23H,1-2H3;. The van der Waals surface area contributed by atoms with Gasteiger partial charge in [-0.1, -0.05) is 0 Å². The molecule has 2 unspecified atom stereocenters. The van der Waals surface area contributed by atoms with Crippen molar-refractivity contribution >= 4 is 0 Å². The molecule has 0 aliphatic heterocycles. The van der Waals surface area contributed by atoms with Crippen LogP contribution in [-0.4, -0.2) is 22.4 Å². The van der Waals surface area contributed by atoms with Gasteiger partial charge in [0.1, 0.15) is 6.07 Å². The molecule has 2 N–H and O–H groups in total. The molecule has 0 saturated carbocycles. The van der Waals surface area contributed by atoms with Crippen LogP contribution < -0.4 is 0 Å². The molecular formula is C14H13CuF6NO2. The number of hydrogen-bond acceptors (Lipinski definition) is 3. The number of benzene rings is 1. The molecule has 24 heavy (non-hydrogen) atoms. The van der Waals surface area contributed by atoms with Crippen LogP contribution in [0.2, 0.25) is 0 Å². The summed E-state index contributed by atoms with van der Waals surface area (Å²) >= 11 is 0. The number of nitrogens with zero attached hydrogens (tertiary/aromatic N) is 1. The second kappa shape index (κ2) is 7.74. The molecule has 10 heteroatoms. The van der Waals surface area contributed by atoms with Crippen LogP contribution in [0.25, 0.3) is 0 Å². The number of halogens is 6. The number of aliphatic hydroxyl groups is 2. The van der Waals surface area contributed by atoms with Crippen LogP contribution in [0.3, 0.4) is 0 Å². The molecule has 3 nitrogen and oxygen atoms in total. The summed E-state index contributed by atoms with van der Waals surface area (Å²) in [6.45, 7) is 2.27. The summed E-state index contributed by atoms with van der Waals surface area (Å²) in [5, 5.41) is 27.8. The van der Waals surface area contributed by atoms with Crippen molar-refractivity contribution < 1.29 is 53.6 Å². The molecule has 1 aromatic carbocycles. The third-order valence-corrected chi connectivity index (χ3v) is 3.31. The van der Waals surface area contributed by atoms with E-state index < -0.39 is 52.7 Å². The molecule has 0 bridgehead atoms. The van der Waals surface area contributed by atoms with Gasteiger partial charge in [-0.05, 0) is 31.5 Å². The molecule has 0 aliphatic carbocycles. The summed E-state index contributed by atoms with van der Waals surface area (Å²) in [6, 6.07) is 1.65. The molecule has 0 aliphatic rings. The Labute approximate surface area is 144 Å². The Bertz CT molecular complexity index is 576. The van der Waals surface area contributed by atoms with Crippen molar-refractivity contribution in [3.8, 4) is 6.07 Å². The Hall–Kier alpha value is -1.27. The molecule has 0 fully saturated rings. The summed E-state index contributed by atoms with van der Waals surface area (Å²) < 4.78 is 78.0. The average Bonchev–Trinajstić information content (AvgIpc) is 2.34. The van der Waals surface area contributed by atoms with Crippen molar-refractivity contribution in [2.75, 3.05) is 0 Å². The second-order valence-electron chi connectivity index (χ2n) is 5.11. The van der Waals surface area contributed by atoms with Crippen molar-refractivity contribution in [3.05, 3.63) is 34.4 Å². The number of rotatable bonds is 3. The van der Waals surface area contributed by atoms with Gasteiger partial charge in [-0.25, -0.2) is 0 Å². The fourth-order valence-electron chi connectivity index (χ4n) is 2.38. The minimum absolute atomic E-state index is 0. The maximum Gasteiger partial charge on any atom is 0.417 e. The van der Waals surface area contributed by atoms with Crippen molar-refractivity contribution in [1.82, 2.24) is 0 Å². The second-order valence-corrected chi connectivity index (χ2v) is 5.11. The predicted molar refractivity (Wildman–Crippen MR) is 67.3 cm³/mol. The SMILES string of the molecule is CC(O)C(c1cc(C(F)(F)F)c(C#N)c(C(F)(F)F)c1)C(C)O.[Cu]. The minimum Gasteiger partial charge on any atom is -0.393 e. The van der Waals surface area contributed by atoms with E-state index in [1.807, 2.05) is 0 Å². The van der Waals surface area contributed by atoms with Crippen LogP contribution in [0.15, 0.2) is 12.1 Å². The molecule has 0 saturated heterocycles. The third-order valence-electron chi connectivity index (χ3n) is 3.31. The summed E-state index contributed by atoms with van der Waals surface area (Å²) in [5.74, 6) is -1.37. The Balaban J connectivity index is 0.00000529. The van der Waals surface area contributed by atoms with Crippen LogP contribution in [-0.2, 0) is 29.4 Å². The molecule has 0 spiro atoms. The van der Waals surface area contributed by atoms with Crippen LogP contribution in [0.1, 0.15) is 42.0 Å². The summed E-state index contributed by atoms with van der Waals surface area (Å²) in [7, 11) is 0. The molecule has 1 radical (unpaired) electrons. The van der Waals surface area contributed by atoms with E-state index in [9.17, 15) is 36.6 Å². The molecule has 1 aromatic rings. The monoisotopic (exact) mass is 404 g/mol. The van der Waals surface area contributed by atoms with E-state index in [2.05, 4.69) is 0 Å². The fraction of sp³-hybridized carbons (Fsp3) is 0.500. The number of hydrogen-bond donors (Lipinski definition) is 2. The first-order valence-corrected chi connectivity index (χ1v) is 6.39. The first-order valence-electron chi connectivity index (χ1n) is 6.39. The Morgan fingerprint density at radius 2 is 1.25 bits per heavy atom. The van der Waals surface area contributed by atoms with Gasteiger partial charge < -0.3 is 10.2 Å². The van der Waals surface area contributed by atoms with E-state index in [0.29, 0.717) is 12.1 Å². The molecular weight excluding hydrogens is 392 g/mol. The van der Waals surface area contributed by atoms with Crippen molar-refractivity contribution in [1.29, 1.82) is 5.26 Å². The minimum atomic E-state index is -5.19. The van der Waals surface area contributed by atoms with Crippen LogP contribution in [0, 0.1) is 11.3 Å². The maximum atomic E-state index is 13.0. The van der Waals surface area contributed by atoms with E-state index in [0.717, 1.165) is 19.9 Å². The maximum absolute atomic E-state index is 13.0. The molecule has 0 aromatic heterocycles. The molecule has 0 amide bonds. The summed E-state index contributed by atoms with van der Waals surface area (Å²) in [6.07, 6.45) is -13.2. The van der Waals surface area contributed by atoms with Crippen LogP contribution >= 0.6 is 0 Å².